The Morgan fingerprint density at radius 1 is 1.07 bits per heavy atom. The third kappa shape index (κ3) is 3.83. The number of benzene rings is 1. The van der Waals surface area contributed by atoms with Gasteiger partial charge in [0.15, 0.2) is 8.32 Å². The van der Waals surface area contributed by atoms with Gasteiger partial charge in [0.1, 0.15) is 6.23 Å². The molecule has 2 heterocycles. The van der Waals surface area contributed by atoms with Gasteiger partial charge in [-0.15, -0.1) is 0 Å². The molecule has 0 unspecified atom stereocenters. The number of hydrogen-bond donors (Lipinski definition) is 0. The molecule has 1 aromatic carbocycles. The molecule has 2 aliphatic heterocycles. The van der Waals surface area contributed by atoms with E-state index in [1.165, 1.54) is 5.56 Å². The Bertz CT molecular complexity index is 665. The summed E-state index contributed by atoms with van der Waals surface area (Å²) < 4.78 is 7.07. The van der Waals surface area contributed by atoms with Gasteiger partial charge in [0.05, 0.1) is 19.8 Å². The SMILES string of the molecule is CC[Si](CC)(CC)O[C@@H]1[C@@H]2CCCN2C(=O)N1[C@H](c1ccccc1)[Si](C)(C)C. The fraction of sp³-hybridized carbons (Fsp3) is 0.682. The molecule has 2 aliphatic rings. The van der Waals surface area contributed by atoms with Crippen molar-refractivity contribution < 1.29 is 9.22 Å². The zero-order chi connectivity index (χ0) is 20.5. The average Bonchev–Trinajstić information content (AvgIpc) is 3.25. The summed E-state index contributed by atoms with van der Waals surface area (Å²) in [5.74, 6) is 0. The highest BCUT2D eigenvalue weighted by molar-refractivity contribution is 6.77. The van der Waals surface area contributed by atoms with Crippen LogP contribution in [0.3, 0.4) is 0 Å². The summed E-state index contributed by atoms with van der Waals surface area (Å²) in [5, 5.41) is 0. The lowest BCUT2D eigenvalue weighted by Crippen LogP contribution is -2.54. The van der Waals surface area contributed by atoms with Crippen LogP contribution in [0.25, 0.3) is 0 Å². The van der Waals surface area contributed by atoms with Gasteiger partial charge in [-0.1, -0.05) is 70.7 Å². The van der Waals surface area contributed by atoms with Gasteiger partial charge in [-0.25, -0.2) is 4.79 Å². The standard InChI is InChI=1S/C22H38N2O2Si2/c1-7-28(8-2,9-3)26-20-19-16-13-17-23(19)22(25)24(20)21(27(4,5)6)18-14-11-10-12-15-18/h10-12,14-15,19-21H,7-9,13,16-17H2,1-6H3/t19-,20+,21-/m0/s1. The van der Waals surface area contributed by atoms with Gasteiger partial charge < -0.3 is 9.33 Å². The van der Waals surface area contributed by atoms with Crippen molar-refractivity contribution in [1.82, 2.24) is 9.80 Å². The summed E-state index contributed by atoms with van der Waals surface area (Å²) in [4.78, 5) is 17.9. The number of fused-ring (bicyclic) bond motifs is 1. The number of urea groups is 1. The minimum atomic E-state index is -1.82. The Morgan fingerprint density at radius 2 is 1.68 bits per heavy atom. The van der Waals surface area contributed by atoms with E-state index >= 15 is 0 Å². The first-order valence-corrected chi connectivity index (χ1v) is 17.2. The number of hydrogen-bond acceptors (Lipinski definition) is 2. The van der Waals surface area contributed by atoms with Gasteiger partial charge in [-0.05, 0) is 36.5 Å². The van der Waals surface area contributed by atoms with Crippen LogP contribution >= 0.6 is 0 Å². The molecule has 3 atom stereocenters. The van der Waals surface area contributed by atoms with Gasteiger partial charge in [0.2, 0.25) is 0 Å². The summed E-state index contributed by atoms with van der Waals surface area (Å²) in [6.07, 6.45) is 2.09. The zero-order valence-electron chi connectivity index (χ0n) is 18.6. The summed E-state index contributed by atoms with van der Waals surface area (Å²) in [6, 6.07) is 14.4. The van der Waals surface area contributed by atoms with Crippen LogP contribution in [0.1, 0.15) is 44.8 Å². The monoisotopic (exact) mass is 418 g/mol. The Balaban J connectivity index is 2.05. The third-order valence-electron chi connectivity index (χ3n) is 6.89. The lowest BCUT2D eigenvalue weighted by atomic mass is 10.1. The smallest absolute Gasteiger partial charge is 0.322 e. The maximum absolute atomic E-state index is 13.6. The Labute approximate surface area is 173 Å². The van der Waals surface area contributed by atoms with E-state index in [-0.39, 0.29) is 24.0 Å². The molecule has 0 radical (unpaired) electrons. The molecule has 28 heavy (non-hydrogen) atoms. The molecular weight excluding hydrogens is 380 g/mol. The highest BCUT2D eigenvalue weighted by atomic mass is 28.4. The van der Waals surface area contributed by atoms with Crippen molar-refractivity contribution in [2.24, 2.45) is 0 Å². The van der Waals surface area contributed by atoms with E-state index in [2.05, 4.69) is 80.5 Å². The van der Waals surface area contributed by atoms with Crippen LogP contribution in [-0.4, -0.2) is 51.0 Å². The highest BCUT2D eigenvalue weighted by Gasteiger charge is 2.55. The van der Waals surface area contributed by atoms with Crippen molar-refractivity contribution in [2.75, 3.05) is 6.54 Å². The maximum atomic E-state index is 13.6. The molecular formula is C22H38N2O2Si2. The van der Waals surface area contributed by atoms with E-state index in [9.17, 15) is 4.79 Å². The molecule has 0 spiro atoms. The minimum Gasteiger partial charge on any atom is -0.395 e. The third-order valence-corrected chi connectivity index (χ3v) is 13.7. The molecule has 156 valence electrons. The first-order valence-electron chi connectivity index (χ1n) is 11.1. The van der Waals surface area contributed by atoms with E-state index in [4.69, 9.17) is 4.43 Å². The number of rotatable bonds is 8. The second kappa shape index (κ2) is 8.32. The van der Waals surface area contributed by atoms with E-state index in [0.717, 1.165) is 37.5 Å². The molecule has 1 aromatic rings. The van der Waals surface area contributed by atoms with Crippen molar-refractivity contribution in [3.63, 3.8) is 0 Å². The molecule has 2 saturated heterocycles. The average molecular weight is 419 g/mol. The predicted octanol–water partition coefficient (Wildman–Crippen LogP) is 5.85. The van der Waals surface area contributed by atoms with Gasteiger partial charge in [-0.3, -0.25) is 4.90 Å². The lowest BCUT2D eigenvalue weighted by Gasteiger charge is -2.43. The zero-order valence-corrected chi connectivity index (χ0v) is 20.6. The van der Waals surface area contributed by atoms with Crippen LogP contribution in [-0.2, 0) is 4.43 Å². The number of carbonyl (C=O) groups is 1. The first kappa shape index (κ1) is 21.6. The number of amides is 2. The van der Waals surface area contributed by atoms with Gasteiger partial charge >= 0.3 is 6.03 Å². The van der Waals surface area contributed by atoms with Crippen molar-refractivity contribution in [3.05, 3.63) is 35.9 Å². The van der Waals surface area contributed by atoms with Gasteiger partial charge in [0, 0.05) is 6.54 Å². The van der Waals surface area contributed by atoms with E-state index < -0.39 is 16.4 Å². The number of carbonyl (C=O) groups excluding carboxylic acids is 1. The Morgan fingerprint density at radius 3 is 2.21 bits per heavy atom. The van der Waals surface area contributed by atoms with E-state index in [0.29, 0.717) is 0 Å². The molecule has 0 saturated carbocycles. The molecule has 0 aliphatic carbocycles. The predicted molar refractivity (Wildman–Crippen MR) is 122 cm³/mol. The molecule has 3 rings (SSSR count). The normalized spacial score (nSPS) is 24.0. The van der Waals surface area contributed by atoms with Crippen molar-refractivity contribution >= 4 is 22.4 Å². The maximum Gasteiger partial charge on any atom is 0.322 e. The van der Waals surface area contributed by atoms with Gasteiger partial charge in [0.25, 0.3) is 0 Å². The van der Waals surface area contributed by atoms with Crippen molar-refractivity contribution in [1.29, 1.82) is 0 Å². The summed E-state index contributed by atoms with van der Waals surface area (Å²) in [5.41, 5.74) is 1.41. The molecule has 0 aromatic heterocycles. The van der Waals surface area contributed by atoms with Crippen LogP contribution in [0, 0.1) is 0 Å². The second-order valence-electron chi connectivity index (χ2n) is 9.52. The van der Waals surface area contributed by atoms with Crippen LogP contribution in [0.15, 0.2) is 30.3 Å². The topological polar surface area (TPSA) is 32.8 Å². The second-order valence-corrected chi connectivity index (χ2v) is 19.5. The summed E-state index contributed by atoms with van der Waals surface area (Å²) in [6.45, 7) is 14.8. The van der Waals surface area contributed by atoms with Crippen molar-refractivity contribution in [3.8, 4) is 0 Å². The van der Waals surface area contributed by atoms with Crippen LogP contribution < -0.4 is 0 Å². The lowest BCUT2D eigenvalue weighted by molar-refractivity contribution is 0.0395. The quantitative estimate of drug-likeness (QED) is 0.496. The number of nitrogens with zero attached hydrogens (tertiary/aromatic N) is 2. The Kier molecular flexibility index (Phi) is 6.42. The highest BCUT2D eigenvalue weighted by Crippen LogP contribution is 2.43. The summed E-state index contributed by atoms with van der Waals surface area (Å²) in [7, 11) is -3.54. The molecule has 0 N–H and O–H groups in total. The van der Waals surface area contributed by atoms with E-state index in [1.54, 1.807) is 0 Å². The van der Waals surface area contributed by atoms with Crippen LogP contribution in [0.5, 0.6) is 0 Å². The minimum absolute atomic E-state index is 0.0848. The molecule has 4 nitrogen and oxygen atoms in total. The molecule has 6 heteroatoms. The molecule has 0 bridgehead atoms. The largest absolute Gasteiger partial charge is 0.395 e. The summed E-state index contributed by atoms with van der Waals surface area (Å²) >= 11 is 0. The fourth-order valence-electron chi connectivity index (χ4n) is 5.13. The van der Waals surface area contributed by atoms with E-state index in [1.807, 2.05) is 0 Å². The Hall–Kier alpha value is -1.12. The van der Waals surface area contributed by atoms with Gasteiger partial charge in [-0.2, -0.15) is 0 Å². The van der Waals surface area contributed by atoms with Crippen LogP contribution in [0.2, 0.25) is 37.8 Å². The van der Waals surface area contributed by atoms with Crippen LogP contribution in [0.4, 0.5) is 4.79 Å². The molecule has 2 fully saturated rings. The first-order chi connectivity index (χ1) is 13.3. The fourth-order valence-corrected chi connectivity index (χ4v) is 10.2. The molecule has 2 amide bonds. The van der Waals surface area contributed by atoms with Crippen molar-refractivity contribution in [2.45, 2.75) is 89.3 Å².